The van der Waals surface area contributed by atoms with Crippen molar-refractivity contribution in [3.05, 3.63) is 35.6 Å². The molecule has 0 heterocycles. The minimum Gasteiger partial charge on any atom is -0.469 e. The fourth-order valence-electron chi connectivity index (χ4n) is 1.92. The first-order valence-corrected chi connectivity index (χ1v) is 5.99. The van der Waals surface area contributed by atoms with Crippen LogP contribution in [-0.4, -0.2) is 31.6 Å². The molecule has 18 heavy (non-hydrogen) atoms. The number of methoxy groups -OCH3 is 1. The summed E-state index contributed by atoms with van der Waals surface area (Å²) in [4.78, 5) is 13.3. The third kappa shape index (κ3) is 3.53. The average molecular weight is 253 g/mol. The topological polar surface area (TPSA) is 29.5 Å². The van der Waals surface area contributed by atoms with Crippen LogP contribution >= 0.6 is 0 Å². The molecular formula is C14H20FNO2. The molecule has 0 saturated heterocycles. The van der Waals surface area contributed by atoms with Crippen molar-refractivity contribution in [2.75, 3.05) is 20.7 Å². The summed E-state index contributed by atoms with van der Waals surface area (Å²) in [6.45, 7) is 4.25. The zero-order chi connectivity index (χ0) is 13.7. The maximum atomic E-state index is 13.6. The summed E-state index contributed by atoms with van der Waals surface area (Å²) in [5.41, 5.74) is 0.636. The van der Waals surface area contributed by atoms with Crippen LogP contribution in [0.1, 0.15) is 25.5 Å². The van der Waals surface area contributed by atoms with Gasteiger partial charge in [0.25, 0.3) is 0 Å². The van der Waals surface area contributed by atoms with E-state index in [4.69, 9.17) is 0 Å². The number of hydrogen-bond donors (Lipinski definition) is 0. The van der Waals surface area contributed by atoms with Gasteiger partial charge in [0.1, 0.15) is 5.82 Å². The van der Waals surface area contributed by atoms with Crippen molar-refractivity contribution in [3.63, 3.8) is 0 Å². The molecule has 0 bridgehead atoms. The maximum Gasteiger partial charge on any atom is 0.309 e. The molecule has 0 radical (unpaired) electrons. The minimum absolute atomic E-state index is 0.0849. The Morgan fingerprint density at radius 1 is 1.39 bits per heavy atom. The van der Waals surface area contributed by atoms with Crippen LogP contribution in [0.4, 0.5) is 4.39 Å². The fourth-order valence-corrected chi connectivity index (χ4v) is 1.92. The first-order chi connectivity index (χ1) is 8.47. The number of hydrogen-bond acceptors (Lipinski definition) is 3. The maximum absolute atomic E-state index is 13.6. The minimum atomic E-state index is -0.248. The van der Waals surface area contributed by atoms with Crippen LogP contribution in [0.3, 0.4) is 0 Å². The Morgan fingerprint density at radius 2 is 2.00 bits per heavy atom. The Labute approximate surface area is 108 Å². The number of ether oxygens (including phenoxy) is 1. The van der Waals surface area contributed by atoms with E-state index in [1.165, 1.54) is 13.2 Å². The molecule has 0 aliphatic heterocycles. The molecule has 2 atom stereocenters. The van der Waals surface area contributed by atoms with Gasteiger partial charge in [0.2, 0.25) is 0 Å². The zero-order valence-corrected chi connectivity index (χ0v) is 11.3. The van der Waals surface area contributed by atoms with Crippen molar-refractivity contribution < 1.29 is 13.9 Å². The van der Waals surface area contributed by atoms with Crippen molar-refractivity contribution >= 4 is 5.97 Å². The Kier molecular flexibility index (Phi) is 5.28. The van der Waals surface area contributed by atoms with Crippen molar-refractivity contribution in [1.29, 1.82) is 0 Å². The van der Waals surface area contributed by atoms with Crippen LogP contribution in [0.15, 0.2) is 24.3 Å². The molecule has 3 nitrogen and oxygen atoms in total. The molecule has 1 aromatic carbocycles. The first-order valence-electron chi connectivity index (χ1n) is 5.99. The van der Waals surface area contributed by atoms with E-state index in [1.54, 1.807) is 19.1 Å². The van der Waals surface area contributed by atoms with Gasteiger partial charge < -0.3 is 4.74 Å². The summed E-state index contributed by atoms with van der Waals surface area (Å²) in [6.07, 6.45) is 0. The molecule has 1 aromatic rings. The highest BCUT2D eigenvalue weighted by atomic mass is 19.1. The van der Waals surface area contributed by atoms with Crippen molar-refractivity contribution in [2.45, 2.75) is 19.9 Å². The molecule has 100 valence electrons. The summed E-state index contributed by atoms with van der Waals surface area (Å²) < 4.78 is 18.3. The van der Waals surface area contributed by atoms with E-state index in [-0.39, 0.29) is 23.7 Å². The fraction of sp³-hybridized carbons (Fsp3) is 0.500. The Morgan fingerprint density at radius 3 is 2.56 bits per heavy atom. The van der Waals surface area contributed by atoms with Crippen LogP contribution in [0.2, 0.25) is 0 Å². The van der Waals surface area contributed by atoms with Gasteiger partial charge in [-0.05, 0) is 20.0 Å². The van der Waals surface area contributed by atoms with Crippen LogP contribution in [0, 0.1) is 11.7 Å². The third-order valence-electron chi connectivity index (χ3n) is 3.18. The molecule has 0 fully saturated rings. The lowest BCUT2D eigenvalue weighted by atomic mass is 10.0. The molecule has 0 aliphatic carbocycles. The summed E-state index contributed by atoms with van der Waals surface area (Å²) in [5.74, 6) is -0.695. The molecule has 0 aliphatic rings. The second-order valence-electron chi connectivity index (χ2n) is 4.56. The molecule has 1 rings (SSSR count). The van der Waals surface area contributed by atoms with Crippen LogP contribution in [0.25, 0.3) is 0 Å². The van der Waals surface area contributed by atoms with Crippen LogP contribution in [-0.2, 0) is 9.53 Å². The molecule has 2 unspecified atom stereocenters. The SMILES string of the molecule is COC(=O)C(C)CN(C)C(C)c1ccccc1F. The second-order valence-corrected chi connectivity index (χ2v) is 4.56. The third-order valence-corrected chi connectivity index (χ3v) is 3.18. The Bertz CT molecular complexity index is 409. The number of nitrogens with zero attached hydrogens (tertiary/aromatic N) is 1. The summed E-state index contributed by atoms with van der Waals surface area (Å²) in [5, 5.41) is 0. The quantitative estimate of drug-likeness (QED) is 0.755. The lowest BCUT2D eigenvalue weighted by Crippen LogP contribution is -2.31. The van der Waals surface area contributed by atoms with Gasteiger partial charge in [0.05, 0.1) is 13.0 Å². The molecule has 4 heteroatoms. The largest absolute Gasteiger partial charge is 0.469 e. The lowest BCUT2D eigenvalue weighted by molar-refractivity contribution is -0.145. The number of benzene rings is 1. The van der Waals surface area contributed by atoms with E-state index >= 15 is 0 Å². The summed E-state index contributed by atoms with van der Waals surface area (Å²) >= 11 is 0. The molecule has 0 N–H and O–H groups in total. The zero-order valence-electron chi connectivity index (χ0n) is 11.3. The van der Waals surface area contributed by atoms with Crippen LogP contribution in [0.5, 0.6) is 0 Å². The Hall–Kier alpha value is -1.42. The number of esters is 1. The van der Waals surface area contributed by atoms with Gasteiger partial charge in [-0.2, -0.15) is 0 Å². The number of carbonyl (C=O) groups excluding carboxylic acids is 1. The predicted octanol–water partition coefficient (Wildman–Crippen LogP) is 2.63. The van der Waals surface area contributed by atoms with Gasteiger partial charge in [-0.25, -0.2) is 4.39 Å². The highest BCUT2D eigenvalue weighted by molar-refractivity contribution is 5.72. The number of halogens is 1. The van der Waals surface area contributed by atoms with Gasteiger partial charge in [0, 0.05) is 18.2 Å². The summed E-state index contributed by atoms with van der Waals surface area (Å²) in [6, 6.07) is 6.61. The molecular weight excluding hydrogens is 233 g/mol. The van der Waals surface area contributed by atoms with E-state index in [1.807, 2.05) is 24.9 Å². The van der Waals surface area contributed by atoms with E-state index in [9.17, 15) is 9.18 Å². The van der Waals surface area contributed by atoms with Gasteiger partial charge in [-0.15, -0.1) is 0 Å². The van der Waals surface area contributed by atoms with E-state index in [2.05, 4.69) is 4.74 Å². The van der Waals surface area contributed by atoms with E-state index in [0.717, 1.165) is 0 Å². The first kappa shape index (κ1) is 14.6. The lowest BCUT2D eigenvalue weighted by Gasteiger charge is -2.27. The molecule has 0 saturated carbocycles. The van der Waals surface area contributed by atoms with E-state index in [0.29, 0.717) is 12.1 Å². The molecule has 0 aromatic heterocycles. The monoisotopic (exact) mass is 253 g/mol. The van der Waals surface area contributed by atoms with Crippen molar-refractivity contribution in [1.82, 2.24) is 4.90 Å². The average Bonchev–Trinajstić information content (AvgIpc) is 2.37. The van der Waals surface area contributed by atoms with Crippen LogP contribution < -0.4 is 0 Å². The van der Waals surface area contributed by atoms with Gasteiger partial charge in [-0.1, -0.05) is 25.1 Å². The molecule has 0 amide bonds. The number of carbonyl (C=O) groups is 1. The highest BCUT2D eigenvalue weighted by Crippen LogP contribution is 2.22. The predicted molar refractivity (Wildman–Crippen MR) is 68.6 cm³/mol. The normalized spacial score (nSPS) is 14.3. The van der Waals surface area contributed by atoms with Gasteiger partial charge in [-0.3, -0.25) is 9.69 Å². The standard InChI is InChI=1S/C14H20FNO2/c1-10(14(17)18-4)9-16(3)11(2)12-7-5-6-8-13(12)15/h5-8,10-11H,9H2,1-4H3. The van der Waals surface area contributed by atoms with Gasteiger partial charge >= 0.3 is 5.97 Å². The van der Waals surface area contributed by atoms with Gasteiger partial charge in [0.15, 0.2) is 0 Å². The molecule has 0 spiro atoms. The smallest absolute Gasteiger partial charge is 0.309 e. The Balaban J connectivity index is 2.70. The van der Waals surface area contributed by atoms with E-state index < -0.39 is 0 Å². The van der Waals surface area contributed by atoms with Crippen molar-refractivity contribution in [3.8, 4) is 0 Å². The highest BCUT2D eigenvalue weighted by Gasteiger charge is 2.20. The van der Waals surface area contributed by atoms with Crippen molar-refractivity contribution in [2.24, 2.45) is 5.92 Å². The number of rotatable bonds is 5. The summed E-state index contributed by atoms with van der Waals surface area (Å²) in [7, 11) is 3.25. The second kappa shape index (κ2) is 6.50.